The van der Waals surface area contributed by atoms with Gasteiger partial charge in [0.15, 0.2) is 5.96 Å². The fourth-order valence-corrected chi connectivity index (χ4v) is 2.27. The number of halogens is 2. The van der Waals surface area contributed by atoms with Gasteiger partial charge in [0.05, 0.1) is 20.3 Å². The Balaban J connectivity index is 2.13. The number of nitrogens with two attached hydrogens (primary N) is 1. The number of rotatable bonds is 8. The number of anilines is 1. The molecular weight excluding hydrogens is 344 g/mol. The highest BCUT2D eigenvalue weighted by Crippen LogP contribution is 2.27. The van der Waals surface area contributed by atoms with Gasteiger partial charge in [-0.05, 0) is 18.2 Å². The third kappa shape index (κ3) is 5.59. The van der Waals surface area contributed by atoms with E-state index in [0.717, 1.165) is 11.3 Å². The van der Waals surface area contributed by atoms with Crippen LogP contribution in [-0.4, -0.2) is 26.8 Å². The van der Waals surface area contributed by atoms with E-state index in [1.807, 2.05) is 24.3 Å². The van der Waals surface area contributed by atoms with Gasteiger partial charge in [-0.2, -0.15) is 8.78 Å². The van der Waals surface area contributed by atoms with E-state index in [4.69, 9.17) is 15.2 Å². The molecule has 0 aromatic heterocycles. The molecule has 2 rings (SSSR count). The Labute approximate surface area is 150 Å². The molecule has 0 bridgehead atoms. The molecule has 0 amide bonds. The van der Waals surface area contributed by atoms with Crippen LogP contribution in [0.5, 0.6) is 11.5 Å². The molecule has 2 aromatic carbocycles. The van der Waals surface area contributed by atoms with Crippen LogP contribution in [0, 0.1) is 0 Å². The Morgan fingerprint density at radius 1 is 1.15 bits per heavy atom. The summed E-state index contributed by atoms with van der Waals surface area (Å²) in [6, 6.07) is 12.1. The first-order valence-electron chi connectivity index (χ1n) is 7.79. The molecule has 0 saturated heterocycles. The van der Waals surface area contributed by atoms with Crippen molar-refractivity contribution in [2.75, 3.05) is 19.5 Å². The number of para-hydroxylation sites is 1. The minimum absolute atomic E-state index is 0.00400. The molecule has 8 heteroatoms. The second-order valence-electron chi connectivity index (χ2n) is 5.27. The predicted octanol–water partition coefficient (Wildman–Crippen LogP) is 3.37. The highest BCUT2D eigenvalue weighted by Gasteiger charge is 2.11. The van der Waals surface area contributed by atoms with Gasteiger partial charge in [0, 0.05) is 30.0 Å². The molecule has 0 atom stereocenters. The Bertz CT molecular complexity index is 754. The molecule has 0 fully saturated rings. The molecule has 3 N–H and O–H groups in total. The third-order valence-corrected chi connectivity index (χ3v) is 3.49. The van der Waals surface area contributed by atoms with Gasteiger partial charge in [-0.1, -0.05) is 18.2 Å². The lowest BCUT2D eigenvalue weighted by Gasteiger charge is -2.12. The molecule has 26 heavy (non-hydrogen) atoms. The van der Waals surface area contributed by atoms with Crippen molar-refractivity contribution in [2.24, 2.45) is 10.7 Å². The van der Waals surface area contributed by atoms with E-state index in [1.165, 1.54) is 13.2 Å². The topological polar surface area (TPSA) is 78.1 Å². The van der Waals surface area contributed by atoms with Crippen molar-refractivity contribution in [1.82, 2.24) is 0 Å². The molecule has 140 valence electrons. The average molecular weight is 365 g/mol. The van der Waals surface area contributed by atoms with E-state index < -0.39 is 6.61 Å². The first kappa shape index (κ1) is 19.5. The van der Waals surface area contributed by atoms with Crippen LogP contribution in [0.4, 0.5) is 14.5 Å². The maximum absolute atomic E-state index is 12.6. The summed E-state index contributed by atoms with van der Waals surface area (Å²) < 4.78 is 39.9. The van der Waals surface area contributed by atoms with E-state index in [-0.39, 0.29) is 18.3 Å². The zero-order valence-electron chi connectivity index (χ0n) is 14.5. The normalized spacial score (nSPS) is 11.5. The second kappa shape index (κ2) is 9.57. The summed E-state index contributed by atoms with van der Waals surface area (Å²) in [7, 11) is 3.04. The van der Waals surface area contributed by atoms with Crippen LogP contribution in [-0.2, 0) is 17.9 Å². The molecule has 0 radical (unpaired) electrons. The van der Waals surface area contributed by atoms with Gasteiger partial charge >= 0.3 is 6.61 Å². The van der Waals surface area contributed by atoms with Gasteiger partial charge in [-0.3, -0.25) is 0 Å². The van der Waals surface area contributed by atoms with Crippen molar-refractivity contribution in [3.05, 3.63) is 53.6 Å². The number of methoxy groups -OCH3 is 2. The fourth-order valence-electron chi connectivity index (χ4n) is 2.27. The van der Waals surface area contributed by atoms with Crippen molar-refractivity contribution in [3.63, 3.8) is 0 Å². The zero-order chi connectivity index (χ0) is 18.9. The van der Waals surface area contributed by atoms with E-state index >= 15 is 0 Å². The molecule has 0 aliphatic rings. The van der Waals surface area contributed by atoms with Crippen LogP contribution < -0.4 is 20.5 Å². The van der Waals surface area contributed by atoms with E-state index in [1.54, 1.807) is 19.2 Å². The lowest BCUT2D eigenvalue weighted by atomic mass is 10.2. The van der Waals surface area contributed by atoms with Crippen LogP contribution >= 0.6 is 0 Å². The lowest BCUT2D eigenvalue weighted by Crippen LogP contribution is -2.23. The number of aliphatic imine (C=N–C) groups is 1. The number of alkyl halides is 2. The van der Waals surface area contributed by atoms with Gasteiger partial charge in [-0.15, -0.1) is 0 Å². The molecule has 0 aliphatic heterocycles. The third-order valence-electron chi connectivity index (χ3n) is 3.49. The summed E-state index contributed by atoms with van der Waals surface area (Å²) in [5, 5.41) is 2.98. The summed E-state index contributed by atoms with van der Waals surface area (Å²) in [5.41, 5.74) is 8.04. The standard InChI is InChI=1S/C18H21F2N3O3/c1-24-11-13-5-3-4-6-15(13)23-18(21)22-10-12-7-8-14(25-2)9-16(12)26-17(19)20/h3-9,17H,10-11H2,1-2H3,(H3,21,22,23). The van der Waals surface area contributed by atoms with E-state index in [2.05, 4.69) is 15.0 Å². The van der Waals surface area contributed by atoms with Gasteiger partial charge in [-0.25, -0.2) is 4.99 Å². The highest BCUT2D eigenvalue weighted by molar-refractivity contribution is 5.93. The molecule has 0 spiro atoms. The van der Waals surface area contributed by atoms with Crippen molar-refractivity contribution in [3.8, 4) is 11.5 Å². The van der Waals surface area contributed by atoms with Crippen molar-refractivity contribution < 1.29 is 23.0 Å². The largest absolute Gasteiger partial charge is 0.497 e. The summed E-state index contributed by atoms with van der Waals surface area (Å²) >= 11 is 0. The molecule has 0 heterocycles. The molecule has 0 aliphatic carbocycles. The fraction of sp³-hybridized carbons (Fsp3) is 0.278. The van der Waals surface area contributed by atoms with E-state index in [0.29, 0.717) is 17.9 Å². The van der Waals surface area contributed by atoms with Crippen LogP contribution in [0.25, 0.3) is 0 Å². The number of hydrogen-bond donors (Lipinski definition) is 2. The quantitative estimate of drug-likeness (QED) is 0.554. The number of guanidine groups is 1. The van der Waals surface area contributed by atoms with Crippen LogP contribution in [0.15, 0.2) is 47.5 Å². The predicted molar refractivity (Wildman–Crippen MR) is 95.7 cm³/mol. The SMILES string of the molecule is COCc1ccccc1NC(N)=NCc1ccc(OC)cc1OC(F)F. The number of hydrogen-bond acceptors (Lipinski definition) is 4. The summed E-state index contributed by atoms with van der Waals surface area (Å²) in [6.07, 6.45) is 0. The Hall–Kier alpha value is -2.87. The molecular formula is C18H21F2N3O3. The van der Waals surface area contributed by atoms with E-state index in [9.17, 15) is 8.78 Å². The van der Waals surface area contributed by atoms with Crippen molar-refractivity contribution >= 4 is 11.6 Å². The second-order valence-corrected chi connectivity index (χ2v) is 5.27. The summed E-state index contributed by atoms with van der Waals surface area (Å²) in [4.78, 5) is 4.19. The molecule has 0 unspecified atom stereocenters. The summed E-state index contributed by atoms with van der Waals surface area (Å²) in [5.74, 6) is 0.552. The monoisotopic (exact) mass is 365 g/mol. The van der Waals surface area contributed by atoms with Crippen molar-refractivity contribution in [2.45, 2.75) is 19.8 Å². The van der Waals surface area contributed by atoms with Gasteiger partial charge in [0.2, 0.25) is 0 Å². The minimum atomic E-state index is -2.94. The lowest BCUT2D eigenvalue weighted by molar-refractivity contribution is -0.0505. The first-order chi connectivity index (χ1) is 12.5. The number of ether oxygens (including phenoxy) is 3. The highest BCUT2D eigenvalue weighted by atomic mass is 19.3. The van der Waals surface area contributed by atoms with Crippen molar-refractivity contribution in [1.29, 1.82) is 0 Å². The van der Waals surface area contributed by atoms with Gasteiger partial charge in [0.1, 0.15) is 11.5 Å². The first-order valence-corrected chi connectivity index (χ1v) is 7.79. The number of nitrogens with one attached hydrogen (secondary N) is 1. The Morgan fingerprint density at radius 2 is 1.92 bits per heavy atom. The molecule has 6 nitrogen and oxygen atoms in total. The van der Waals surface area contributed by atoms with Crippen LogP contribution in [0.2, 0.25) is 0 Å². The van der Waals surface area contributed by atoms with Crippen LogP contribution in [0.1, 0.15) is 11.1 Å². The maximum atomic E-state index is 12.6. The molecule has 2 aromatic rings. The van der Waals surface area contributed by atoms with Gasteiger partial charge < -0.3 is 25.3 Å². The number of nitrogens with zero attached hydrogens (tertiary/aromatic N) is 1. The summed E-state index contributed by atoms with van der Waals surface area (Å²) in [6.45, 7) is -2.46. The average Bonchev–Trinajstić information content (AvgIpc) is 2.62. The maximum Gasteiger partial charge on any atom is 0.387 e. The smallest absolute Gasteiger partial charge is 0.387 e. The Morgan fingerprint density at radius 3 is 2.62 bits per heavy atom. The Kier molecular flexibility index (Phi) is 7.16. The number of benzene rings is 2. The van der Waals surface area contributed by atoms with Gasteiger partial charge in [0.25, 0.3) is 0 Å². The van der Waals surface area contributed by atoms with Crippen LogP contribution in [0.3, 0.4) is 0 Å². The zero-order valence-corrected chi connectivity index (χ0v) is 14.5. The minimum Gasteiger partial charge on any atom is -0.497 e. The molecule has 0 saturated carbocycles.